The molecule has 0 aliphatic heterocycles. The Hall–Kier alpha value is -2.76. The zero-order valence-electron chi connectivity index (χ0n) is 11.8. The van der Waals surface area contributed by atoms with Gasteiger partial charge in [0.25, 0.3) is 0 Å². The number of urea groups is 1. The molecule has 2 rings (SSSR count). The summed E-state index contributed by atoms with van der Waals surface area (Å²) in [6.07, 6.45) is 2.07. The summed E-state index contributed by atoms with van der Waals surface area (Å²) in [4.78, 5) is 23.2. The monoisotopic (exact) mass is 286 g/mol. The van der Waals surface area contributed by atoms with Gasteiger partial charge in [0.2, 0.25) is 5.91 Å². The van der Waals surface area contributed by atoms with Crippen LogP contribution in [-0.2, 0) is 24.8 Å². The first-order chi connectivity index (χ1) is 10.1. The maximum Gasteiger partial charge on any atom is 0.333 e. The number of amides is 3. The van der Waals surface area contributed by atoms with Crippen LogP contribution in [0.25, 0.3) is 0 Å². The Morgan fingerprint density at radius 1 is 1.05 bits per heavy atom. The lowest BCUT2D eigenvalue weighted by molar-refractivity contribution is -0.121. The number of hydrogen-bond donors (Lipinski definition) is 3. The van der Waals surface area contributed by atoms with Gasteiger partial charge in [-0.2, -0.15) is 0 Å². The van der Waals surface area contributed by atoms with Crippen molar-refractivity contribution in [1.82, 2.24) is 20.7 Å². The van der Waals surface area contributed by atoms with E-state index in [1.807, 2.05) is 60.3 Å². The van der Waals surface area contributed by atoms with E-state index >= 15 is 0 Å². The average molecular weight is 286 g/mol. The minimum atomic E-state index is -0.445. The Bertz CT molecular complexity index is 607. The number of aryl methyl sites for hydroxylation is 1. The number of nitrogens with one attached hydrogen (secondary N) is 3. The van der Waals surface area contributed by atoms with Crippen molar-refractivity contribution >= 4 is 11.9 Å². The number of benzene rings is 1. The summed E-state index contributed by atoms with van der Waals surface area (Å²) < 4.78 is 1.86. The third-order valence-electron chi connectivity index (χ3n) is 3.00. The standard InChI is InChI=1S/C15H18N4O2/c1-19-9-5-8-13(19)10-14(20)17-18-15(21)16-11-12-6-3-2-4-7-12/h2-9H,10-11H2,1H3,(H,17,20)(H2,16,18,21). The highest BCUT2D eigenvalue weighted by Crippen LogP contribution is 2.00. The number of carbonyl (C=O) groups excluding carboxylic acids is 2. The van der Waals surface area contributed by atoms with Gasteiger partial charge in [0.05, 0.1) is 6.42 Å². The maximum atomic E-state index is 11.7. The van der Waals surface area contributed by atoms with Gasteiger partial charge in [-0.25, -0.2) is 10.2 Å². The smallest absolute Gasteiger partial charge is 0.333 e. The highest BCUT2D eigenvalue weighted by molar-refractivity contribution is 5.82. The normalized spacial score (nSPS) is 9.95. The van der Waals surface area contributed by atoms with Gasteiger partial charge in [-0.15, -0.1) is 0 Å². The molecular formula is C15H18N4O2. The Kier molecular flexibility index (Phi) is 4.98. The summed E-state index contributed by atoms with van der Waals surface area (Å²) in [7, 11) is 1.86. The van der Waals surface area contributed by atoms with E-state index in [1.54, 1.807) is 0 Å². The fourth-order valence-electron chi connectivity index (χ4n) is 1.84. The predicted octanol–water partition coefficient (Wildman–Crippen LogP) is 1.10. The van der Waals surface area contributed by atoms with Crippen LogP contribution in [0.3, 0.4) is 0 Å². The minimum absolute atomic E-state index is 0.211. The van der Waals surface area contributed by atoms with Gasteiger partial charge in [-0.1, -0.05) is 30.3 Å². The molecule has 6 nitrogen and oxygen atoms in total. The molecule has 2 aromatic rings. The molecule has 1 aromatic heterocycles. The highest BCUT2D eigenvalue weighted by Gasteiger charge is 2.07. The number of aromatic nitrogens is 1. The van der Waals surface area contributed by atoms with Crippen LogP contribution in [0.5, 0.6) is 0 Å². The number of hydrazine groups is 1. The maximum absolute atomic E-state index is 11.7. The Morgan fingerprint density at radius 3 is 2.48 bits per heavy atom. The third kappa shape index (κ3) is 4.68. The van der Waals surface area contributed by atoms with Gasteiger partial charge >= 0.3 is 6.03 Å². The number of carbonyl (C=O) groups is 2. The van der Waals surface area contributed by atoms with E-state index < -0.39 is 6.03 Å². The molecule has 0 atom stereocenters. The van der Waals surface area contributed by atoms with Crippen LogP contribution in [0, 0.1) is 0 Å². The Labute approximate surface area is 123 Å². The molecule has 0 fully saturated rings. The minimum Gasteiger partial charge on any atom is -0.354 e. The first-order valence-electron chi connectivity index (χ1n) is 6.62. The van der Waals surface area contributed by atoms with Gasteiger partial charge in [0, 0.05) is 25.5 Å². The van der Waals surface area contributed by atoms with Crippen molar-refractivity contribution in [3.63, 3.8) is 0 Å². The predicted molar refractivity (Wildman–Crippen MR) is 79.1 cm³/mol. The quantitative estimate of drug-likeness (QED) is 0.736. The van der Waals surface area contributed by atoms with Crippen LogP contribution < -0.4 is 16.2 Å². The molecule has 21 heavy (non-hydrogen) atoms. The van der Waals surface area contributed by atoms with Crippen LogP contribution in [0.15, 0.2) is 48.7 Å². The van der Waals surface area contributed by atoms with Crippen molar-refractivity contribution in [3.05, 3.63) is 59.9 Å². The van der Waals surface area contributed by atoms with Crippen LogP contribution in [0.1, 0.15) is 11.3 Å². The summed E-state index contributed by atoms with van der Waals surface area (Å²) in [6, 6.07) is 12.8. The summed E-state index contributed by atoms with van der Waals surface area (Å²) >= 11 is 0. The molecule has 6 heteroatoms. The van der Waals surface area contributed by atoms with Crippen LogP contribution in [0.2, 0.25) is 0 Å². The lowest BCUT2D eigenvalue weighted by Crippen LogP contribution is -2.47. The van der Waals surface area contributed by atoms with E-state index in [9.17, 15) is 9.59 Å². The first kappa shape index (κ1) is 14.6. The highest BCUT2D eigenvalue weighted by atomic mass is 16.2. The zero-order valence-corrected chi connectivity index (χ0v) is 11.8. The van der Waals surface area contributed by atoms with Gasteiger partial charge < -0.3 is 9.88 Å². The molecule has 0 radical (unpaired) electrons. The van der Waals surface area contributed by atoms with Crippen LogP contribution >= 0.6 is 0 Å². The summed E-state index contributed by atoms with van der Waals surface area (Å²) in [5.41, 5.74) is 6.56. The van der Waals surface area contributed by atoms with E-state index in [4.69, 9.17) is 0 Å². The van der Waals surface area contributed by atoms with Gasteiger partial charge in [-0.05, 0) is 17.7 Å². The second-order valence-corrected chi connectivity index (χ2v) is 4.63. The number of nitrogens with zero attached hydrogens (tertiary/aromatic N) is 1. The molecule has 1 aromatic carbocycles. The van der Waals surface area contributed by atoms with Crippen LogP contribution in [0.4, 0.5) is 4.79 Å². The third-order valence-corrected chi connectivity index (χ3v) is 3.00. The van der Waals surface area contributed by atoms with E-state index in [2.05, 4.69) is 16.2 Å². The molecule has 0 aliphatic rings. The van der Waals surface area contributed by atoms with E-state index in [0.717, 1.165) is 11.3 Å². The molecule has 3 amide bonds. The largest absolute Gasteiger partial charge is 0.354 e. The molecule has 3 N–H and O–H groups in total. The van der Waals surface area contributed by atoms with Crippen molar-refractivity contribution in [2.45, 2.75) is 13.0 Å². The van der Waals surface area contributed by atoms with E-state index in [1.165, 1.54) is 0 Å². The first-order valence-corrected chi connectivity index (χ1v) is 6.62. The molecule has 1 heterocycles. The topological polar surface area (TPSA) is 75.2 Å². The molecule has 0 bridgehead atoms. The molecular weight excluding hydrogens is 268 g/mol. The Morgan fingerprint density at radius 2 is 1.81 bits per heavy atom. The molecule has 110 valence electrons. The van der Waals surface area contributed by atoms with Crippen molar-refractivity contribution in [3.8, 4) is 0 Å². The fraction of sp³-hybridized carbons (Fsp3) is 0.200. The molecule has 0 spiro atoms. The summed E-state index contributed by atoms with van der Waals surface area (Å²) in [5.74, 6) is -0.272. The number of rotatable bonds is 4. The summed E-state index contributed by atoms with van der Waals surface area (Å²) in [6.45, 7) is 0.403. The molecule has 0 unspecified atom stereocenters. The van der Waals surface area contributed by atoms with Gasteiger partial charge in [0.15, 0.2) is 0 Å². The van der Waals surface area contributed by atoms with E-state index in [-0.39, 0.29) is 12.3 Å². The second-order valence-electron chi connectivity index (χ2n) is 4.63. The van der Waals surface area contributed by atoms with Crippen molar-refractivity contribution in [2.24, 2.45) is 7.05 Å². The van der Waals surface area contributed by atoms with Gasteiger partial charge in [-0.3, -0.25) is 10.2 Å². The lowest BCUT2D eigenvalue weighted by Gasteiger charge is -2.09. The van der Waals surface area contributed by atoms with Crippen molar-refractivity contribution in [1.29, 1.82) is 0 Å². The summed E-state index contributed by atoms with van der Waals surface area (Å²) in [5, 5.41) is 2.65. The fourth-order valence-corrected chi connectivity index (χ4v) is 1.84. The molecule has 0 aliphatic carbocycles. The van der Waals surface area contributed by atoms with Crippen LogP contribution in [-0.4, -0.2) is 16.5 Å². The second kappa shape index (κ2) is 7.14. The van der Waals surface area contributed by atoms with E-state index in [0.29, 0.717) is 6.54 Å². The van der Waals surface area contributed by atoms with Gasteiger partial charge in [0.1, 0.15) is 0 Å². The lowest BCUT2D eigenvalue weighted by atomic mass is 10.2. The van der Waals surface area contributed by atoms with Crippen molar-refractivity contribution in [2.75, 3.05) is 0 Å². The van der Waals surface area contributed by atoms with Crippen molar-refractivity contribution < 1.29 is 9.59 Å². The Balaban J connectivity index is 1.69. The SMILES string of the molecule is Cn1cccc1CC(=O)NNC(=O)NCc1ccccc1. The average Bonchev–Trinajstić information content (AvgIpc) is 2.89. The number of hydrogen-bond acceptors (Lipinski definition) is 2. The molecule has 0 saturated heterocycles. The molecule has 0 saturated carbocycles. The zero-order chi connectivity index (χ0) is 15.1.